The van der Waals surface area contributed by atoms with Gasteiger partial charge in [-0.2, -0.15) is 0 Å². The molecule has 1 heterocycles. The van der Waals surface area contributed by atoms with E-state index in [0.29, 0.717) is 11.1 Å². The Kier molecular flexibility index (Phi) is 3.75. The minimum absolute atomic E-state index is 0.270. The van der Waals surface area contributed by atoms with Crippen molar-refractivity contribution < 1.29 is 9.18 Å². The molecule has 98 valence electrons. The van der Waals surface area contributed by atoms with Crippen LogP contribution in [0.15, 0.2) is 42.6 Å². The fraction of sp³-hybridized carbons (Fsp3) is 0.143. The molecule has 0 fully saturated rings. The molecular weight excluding hydrogens is 245 g/mol. The van der Waals surface area contributed by atoms with E-state index < -0.39 is 6.04 Å². The highest BCUT2D eigenvalue weighted by Gasteiger charge is 2.14. The molecule has 1 unspecified atom stereocenters. The van der Waals surface area contributed by atoms with Gasteiger partial charge in [-0.25, -0.2) is 9.37 Å². The quantitative estimate of drug-likeness (QED) is 0.888. The topological polar surface area (TPSA) is 68.0 Å². The number of nitrogens with two attached hydrogens (primary N) is 1. The van der Waals surface area contributed by atoms with Crippen LogP contribution in [0.3, 0.4) is 0 Å². The maximum atomic E-state index is 13.6. The van der Waals surface area contributed by atoms with Crippen molar-refractivity contribution in [2.75, 3.05) is 5.73 Å². The van der Waals surface area contributed by atoms with E-state index in [2.05, 4.69) is 10.3 Å². The van der Waals surface area contributed by atoms with E-state index in [9.17, 15) is 9.18 Å². The summed E-state index contributed by atoms with van der Waals surface area (Å²) in [5, 5.41) is 2.72. The number of nitrogen functional groups attached to an aromatic ring is 1. The van der Waals surface area contributed by atoms with Crippen molar-refractivity contribution in [2.24, 2.45) is 0 Å². The molecule has 1 atom stereocenters. The SMILES string of the molecule is CC(NC(=O)c1ccnc(N)c1)c1ccccc1F. The van der Waals surface area contributed by atoms with Crippen molar-refractivity contribution in [2.45, 2.75) is 13.0 Å². The summed E-state index contributed by atoms with van der Waals surface area (Å²) in [6.07, 6.45) is 1.46. The lowest BCUT2D eigenvalue weighted by molar-refractivity contribution is 0.0939. The second-order valence-corrected chi connectivity index (χ2v) is 4.19. The summed E-state index contributed by atoms with van der Waals surface area (Å²) in [4.78, 5) is 15.8. The largest absolute Gasteiger partial charge is 0.384 e. The lowest BCUT2D eigenvalue weighted by Crippen LogP contribution is -2.27. The molecule has 2 rings (SSSR count). The predicted octanol–water partition coefficient (Wildman–Crippen LogP) is 2.29. The summed E-state index contributed by atoms with van der Waals surface area (Å²) in [6, 6.07) is 8.94. The van der Waals surface area contributed by atoms with Crippen LogP contribution >= 0.6 is 0 Å². The zero-order chi connectivity index (χ0) is 13.8. The van der Waals surface area contributed by atoms with Gasteiger partial charge in [-0.3, -0.25) is 4.79 Å². The van der Waals surface area contributed by atoms with E-state index >= 15 is 0 Å². The first-order valence-electron chi connectivity index (χ1n) is 5.84. The maximum Gasteiger partial charge on any atom is 0.251 e. The Morgan fingerprint density at radius 2 is 2.11 bits per heavy atom. The van der Waals surface area contributed by atoms with Gasteiger partial charge in [0.2, 0.25) is 0 Å². The summed E-state index contributed by atoms with van der Waals surface area (Å²) in [5.41, 5.74) is 6.35. The van der Waals surface area contributed by atoms with Gasteiger partial charge in [-0.1, -0.05) is 18.2 Å². The number of carbonyl (C=O) groups is 1. The zero-order valence-electron chi connectivity index (χ0n) is 10.4. The molecule has 0 saturated carbocycles. The van der Waals surface area contributed by atoms with Crippen LogP contribution in [-0.4, -0.2) is 10.9 Å². The van der Waals surface area contributed by atoms with Gasteiger partial charge in [0.1, 0.15) is 11.6 Å². The van der Waals surface area contributed by atoms with Gasteiger partial charge in [0.25, 0.3) is 5.91 Å². The van der Waals surface area contributed by atoms with Crippen LogP contribution in [0, 0.1) is 5.82 Å². The van der Waals surface area contributed by atoms with E-state index in [4.69, 9.17) is 5.73 Å². The third-order valence-corrected chi connectivity index (χ3v) is 2.76. The van der Waals surface area contributed by atoms with E-state index in [1.807, 2.05) is 0 Å². The molecule has 0 spiro atoms. The Bertz CT molecular complexity index is 601. The molecule has 0 aliphatic rings. The number of nitrogens with zero attached hydrogens (tertiary/aromatic N) is 1. The van der Waals surface area contributed by atoms with Gasteiger partial charge in [0.15, 0.2) is 0 Å². The van der Waals surface area contributed by atoms with Gasteiger partial charge >= 0.3 is 0 Å². The molecule has 19 heavy (non-hydrogen) atoms. The van der Waals surface area contributed by atoms with Gasteiger partial charge in [0.05, 0.1) is 6.04 Å². The fourth-order valence-corrected chi connectivity index (χ4v) is 1.77. The Morgan fingerprint density at radius 1 is 1.37 bits per heavy atom. The summed E-state index contributed by atoms with van der Waals surface area (Å²) in [5.74, 6) is -0.388. The minimum atomic E-state index is -0.428. The van der Waals surface area contributed by atoms with Crippen LogP contribution in [0.1, 0.15) is 28.9 Å². The number of rotatable bonds is 3. The number of hydrogen-bond acceptors (Lipinski definition) is 3. The average molecular weight is 259 g/mol. The number of aromatic nitrogens is 1. The number of hydrogen-bond donors (Lipinski definition) is 2. The standard InChI is InChI=1S/C14H14FN3O/c1-9(11-4-2-3-5-12(11)15)18-14(19)10-6-7-17-13(16)8-10/h2-9H,1H3,(H2,16,17)(H,18,19). The van der Waals surface area contributed by atoms with Crippen molar-refractivity contribution in [1.29, 1.82) is 0 Å². The van der Waals surface area contributed by atoms with Crippen molar-refractivity contribution in [3.63, 3.8) is 0 Å². The summed E-state index contributed by atoms with van der Waals surface area (Å²) < 4.78 is 13.6. The number of carbonyl (C=O) groups excluding carboxylic acids is 1. The van der Waals surface area contributed by atoms with E-state index in [0.717, 1.165) is 0 Å². The van der Waals surface area contributed by atoms with Gasteiger partial charge in [-0.15, -0.1) is 0 Å². The number of amides is 1. The number of benzene rings is 1. The fourth-order valence-electron chi connectivity index (χ4n) is 1.77. The maximum absolute atomic E-state index is 13.6. The average Bonchev–Trinajstić information content (AvgIpc) is 2.39. The number of halogens is 1. The highest BCUT2D eigenvalue weighted by atomic mass is 19.1. The molecular formula is C14H14FN3O. The van der Waals surface area contributed by atoms with Crippen molar-refractivity contribution in [1.82, 2.24) is 10.3 Å². The normalized spacial score (nSPS) is 11.9. The van der Waals surface area contributed by atoms with E-state index in [1.165, 1.54) is 18.3 Å². The molecule has 1 aromatic carbocycles. The Labute approximate surface area is 110 Å². The van der Waals surface area contributed by atoms with E-state index in [-0.39, 0.29) is 17.5 Å². The zero-order valence-corrected chi connectivity index (χ0v) is 10.4. The van der Waals surface area contributed by atoms with Crippen LogP contribution in [0.5, 0.6) is 0 Å². The van der Waals surface area contributed by atoms with Crippen LogP contribution < -0.4 is 11.1 Å². The van der Waals surface area contributed by atoms with Crippen molar-refractivity contribution >= 4 is 11.7 Å². The highest BCUT2D eigenvalue weighted by Crippen LogP contribution is 2.16. The number of nitrogens with one attached hydrogen (secondary N) is 1. The third-order valence-electron chi connectivity index (χ3n) is 2.76. The molecule has 0 aliphatic carbocycles. The van der Waals surface area contributed by atoms with Crippen molar-refractivity contribution in [3.05, 3.63) is 59.5 Å². The first-order valence-corrected chi connectivity index (χ1v) is 5.84. The van der Waals surface area contributed by atoms with Crippen LogP contribution in [0.25, 0.3) is 0 Å². The Balaban J connectivity index is 2.13. The van der Waals surface area contributed by atoms with Crippen LogP contribution in [0.2, 0.25) is 0 Å². The van der Waals surface area contributed by atoms with Gasteiger partial charge in [0, 0.05) is 17.3 Å². The minimum Gasteiger partial charge on any atom is -0.384 e. The first kappa shape index (κ1) is 13.0. The first-order chi connectivity index (χ1) is 9.08. The molecule has 4 nitrogen and oxygen atoms in total. The van der Waals surface area contributed by atoms with E-state index in [1.54, 1.807) is 31.2 Å². The summed E-state index contributed by atoms with van der Waals surface area (Å²) in [7, 11) is 0. The molecule has 0 radical (unpaired) electrons. The lowest BCUT2D eigenvalue weighted by Gasteiger charge is -2.15. The molecule has 1 aromatic heterocycles. The predicted molar refractivity (Wildman–Crippen MR) is 70.9 cm³/mol. The smallest absolute Gasteiger partial charge is 0.251 e. The molecule has 1 amide bonds. The monoisotopic (exact) mass is 259 g/mol. The van der Waals surface area contributed by atoms with Crippen LogP contribution in [0.4, 0.5) is 10.2 Å². The lowest BCUT2D eigenvalue weighted by atomic mass is 10.1. The van der Waals surface area contributed by atoms with Crippen molar-refractivity contribution in [3.8, 4) is 0 Å². The molecule has 5 heteroatoms. The summed E-state index contributed by atoms with van der Waals surface area (Å²) >= 11 is 0. The Hall–Kier alpha value is -2.43. The molecule has 0 aliphatic heterocycles. The highest BCUT2D eigenvalue weighted by molar-refractivity contribution is 5.94. The van der Waals surface area contributed by atoms with Gasteiger partial charge in [-0.05, 0) is 25.1 Å². The second kappa shape index (κ2) is 5.48. The molecule has 0 bridgehead atoms. The molecule has 2 aromatic rings. The number of pyridine rings is 1. The van der Waals surface area contributed by atoms with Gasteiger partial charge < -0.3 is 11.1 Å². The molecule has 0 saturated heterocycles. The number of anilines is 1. The summed E-state index contributed by atoms with van der Waals surface area (Å²) in [6.45, 7) is 1.72. The Morgan fingerprint density at radius 3 is 2.79 bits per heavy atom. The second-order valence-electron chi connectivity index (χ2n) is 4.19. The molecule has 3 N–H and O–H groups in total. The van der Waals surface area contributed by atoms with Crippen LogP contribution in [-0.2, 0) is 0 Å². The third kappa shape index (κ3) is 3.07.